The Morgan fingerprint density at radius 1 is 0.900 bits per heavy atom. The molecule has 5 nitrogen and oxygen atoms in total. The molecule has 4 rings (SSSR count). The second-order valence-corrected chi connectivity index (χ2v) is 7.98. The van der Waals surface area contributed by atoms with E-state index in [0.29, 0.717) is 27.8 Å². The molecular formula is C24H22N4OS. The lowest BCUT2D eigenvalue weighted by atomic mass is 10.1. The average molecular weight is 415 g/mol. The molecule has 0 aliphatic rings. The van der Waals surface area contributed by atoms with Gasteiger partial charge in [-0.15, -0.1) is 11.3 Å². The Bertz CT molecular complexity index is 1130. The van der Waals surface area contributed by atoms with Crippen molar-refractivity contribution < 1.29 is 4.79 Å². The first kappa shape index (κ1) is 19.9. The van der Waals surface area contributed by atoms with E-state index in [-0.39, 0.29) is 5.91 Å². The lowest BCUT2D eigenvalue weighted by Crippen LogP contribution is -2.22. The maximum atomic E-state index is 12.6. The Labute approximate surface area is 179 Å². The zero-order valence-electron chi connectivity index (χ0n) is 16.7. The molecule has 150 valence electrons. The highest BCUT2D eigenvalue weighted by Crippen LogP contribution is 2.26. The van der Waals surface area contributed by atoms with E-state index >= 15 is 0 Å². The second-order valence-electron chi connectivity index (χ2n) is 6.98. The first-order valence-corrected chi connectivity index (χ1v) is 10.7. The highest BCUT2D eigenvalue weighted by molar-refractivity contribution is 7.17. The molecule has 6 heteroatoms. The van der Waals surface area contributed by atoms with Gasteiger partial charge in [-0.05, 0) is 30.9 Å². The molecule has 0 spiro atoms. The molecule has 0 aliphatic carbocycles. The topological polar surface area (TPSA) is 67.8 Å². The lowest BCUT2D eigenvalue weighted by molar-refractivity contribution is 0.0954. The number of hydrogen-bond acceptors (Lipinski definition) is 5. The summed E-state index contributed by atoms with van der Waals surface area (Å²) < 4.78 is 0. The van der Waals surface area contributed by atoms with Crippen molar-refractivity contribution in [1.82, 2.24) is 20.3 Å². The average Bonchev–Trinajstić information content (AvgIpc) is 3.19. The Hall–Kier alpha value is -3.38. The van der Waals surface area contributed by atoms with Crippen LogP contribution in [0, 0.1) is 6.92 Å². The van der Waals surface area contributed by atoms with Crippen LogP contribution in [0.15, 0.2) is 73.1 Å². The van der Waals surface area contributed by atoms with Crippen LogP contribution in [0.2, 0.25) is 0 Å². The molecular weight excluding hydrogens is 392 g/mol. The third-order valence-electron chi connectivity index (χ3n) is 4.71. The van der Waals surface area contributed by atoms with Crippen LogP contribution in [-0.2, 0) is 19.4 Å². The summed E-state index contributed by atoms with van der Waals surface area (Å²) in [6.07, 6.45) is 5.21. The molecule has 0 bridgehead atoms. The van der Waals surface area contributed by atoms with Crippen LogP contribution in [0.3, 0.4) is 0 Å². The zero-order chi connectivity index (χ0) is 20.8. The van der Waals surface area contributed by atoms with Crippen molar-refractivity contribution in [3.05, 3.63) is 100 Å². The van der Waals surface area contributed by atoms with Gasteiger partial charge in [0.25, 0.3) is 5.91 Å². The van der Waals surface area contributed by atoms with Gasteiger partial charge in [0.1, 0.15) is 15.6 Å². The predicted molar refractivity (Wildman–Crippen MR) is 119 cm³/mol. The standard InChI is InChI=1S/C24H22N4OS/c1-17-22(23(29)26-14-19-10-6-3-7-11-19)30-24(27-17)21-16-25-15-20(28-21)13-12-18-8-4-2-5-9-18/h2-11,15-16H,12-14H2,1H3,(H,26,29). The fraction of sp³-hybridized carbons (Fsp3) is 0.167. The number of thiazole rings is 1. The molecule has 0 saturated carbocycles. The van der Waals surface area contributed by atoms with E-state index in [1.54, 1.807) is 12.4 Å². The lowest BCUT2D eigenvalue weighted by Gasteiger charge is -2.04. The minimum atomic E-state index is -0.117. The van der Waals surface area contributed by atoms with E-state index in [0.717, 1.165) is 24.1 Å². The summed E-state index contributed by atoms with van der Waals surface area (Å²) >= 11 is 1.35. The Kier molecular flexibility index (Phi) is 6.25. The highest BCUT2D eigenvalue weighted by Gasteiger charge is 2.17. The summed E-state index contributed by atoms with van der Waals surface area (Å²) in [5.41, 5.74) is 4.66. The van der Waals surface area contributed by atoms with Crippen molar-refractivity contribution in [2.45, 2.75) is 26.3 Å². The van der Waals surface area contributed by atoms with E-state index in [1.165, 1.54) is 16.9 Å². The van der Waals surface area contributed by atoms with Crippen LogP contribution >= 0.6 is 11.3 Å². The van der Waals surface area contributed by atoms with Gasteiger partial charge in [0.15, 0.2) is 0 Å². The van der Waals surface area contributed by atoms with Gasteiger partial charge in [-0.2, -0.15) is 0 Å². The first-order valence-electron chi connectivity index (χ1n) is 9.84. The molecule has 1 amide bonds. The fourth-order valence-corrected chi connectivity index (χ4v) is 4.06. The molecule has 4 aromatic rings. The number of benzene rings is 2. The van der Waals surface area contributed by atoms with Crippen molar-refractivity contribution in [2.24, 2.45) is 0 Å². The molecule has 0 radical (unpaired) electrons. The van der Waals surface area contributed by atoms with Crippen molar-refractivity contribution in [1.29, 1.82) is 0 Å². The number of carbonyl (C=O) groups excluding carboxylic acids is 1. The number of nitrogens with zero attached hydrogens (tertiary/aromatic N) is 3. The maximum absolute atomic E-state index is 12.6. The molecule has 2 heterocycles. The third kappa shape index (κ3) is 4.96. The van der Waals surface area contributed by atoms with E-state index in [2.05, 4.69) is 27.4 Å². The van der Waals surface area contributed by atoms with Crippen molar-refractivity contribution >= 4 is 17.2 Å². The van der Waals surface area contributed by atoms with Crippen LogP contribution in [0.5, 0.6) is 0 Å². The largest absolute Gasteiger partial charge is 0.347 e. The normalized spacial score (nSPS) is 10.7. The SMILES string of the molecule is Cc1nc(-c2cncc(CCc3ccccc3)n2)sc1C(=O)NCc1ccccc1. The smallest absolute Gasteiger partial charge is 0.263 e. The van der Waals surface area contributed by atoms with E-state index in [1.807, 2.05) is 55.5 Å². The molecule has 30 heavy (non-hydrogen) atoms. The molecule has 2 aromatic heterocycles. The highest BCUT2D eigenvalue weighted by atomic mass is 32.1. The van der Waals surface area contributed by atoms with Crippen molar-refractivity contribution in [3.63, 3.8) is 0 Å². The number of aryl methyl sites for hydroxylation is 3. The van der Waals surface area contributed by atoms with E-state index in [9.17, 15) is 4.79 Å². The van der Waals surface area contributed by atoms with Gasteiger partial charge < -0.3 is 5.32 Å². The number of nitrogens with one attached hydrogen (secondary N) is 1. The van der Waals surface area contributed by atoms with Crippen molar-refractivity contribution in [3.8, 4) is 10.7 Å². The van der Waals surface area contributed by atoms with Gasteiger partial charge in [0.05, 0.1) is 17.6 Å². The molecule has 2 aromatic carbocycles. The maximum Gasteiger partial charge on any atom is 0.263 e. The zero-order valence-corrected chi connectivity index (χ0v) is 17.5. The van der Waals surface area contributed by atoms with E-state index < -0.39 is 0 Å². The molecule has 0 fully saturated rings. The minimum absolute atomic E-state index is 0.117. The van der Waals surface area contributed by atoms with Crippen LogP contribution in [0.1, 0.15) is 32.2 Å². The Morgan fingerprint density at radius 2 is 1.60 bits per heavy atom. The predicted octanol–water partition coefficient (Wildman–Crippen LogP) is 4.62. The molecule has 0 atom stereocenters. The number of rotatable bonds is 7. The Balaban J connectivity index is 1.45. The van der Waals surface area contributed by atoms with Gasteiger partial charge in [0.2, 0.25) is 0 Å². The number of carbonyl (C=O) groups is 1. The van der Waals surface area contributed by atoms with Crippen LogP contribution in [0.4, 0.5) is 0 Å². The van der Waals surface area contributed by atoms with Crippen LogP contribution in [-0.4, -0.2) is 20.9 Å². The van der Waals surface area contributed by atoms with Gasteiger partial charge in [-0.3, -0.25) is 9.78 Å². The second kappa shape index (κ2) is 9.41. The minimum Gasteiger partial charge on any atom is -0.347 e. The monoisotopic (exact) mass is 414 g/mol. The van der Waals surface area contributed by atoms with Gasteiger partial charge in [-0.1, -0.05) is 60.7 Å². The first-order chi connectivity index (χ1) is 14.7. The summed E-state index contributed by atoms with van der Waals surface area (Å²) in [6.45, 7) is 2.34. The summed E-state index contributed by atoms with van der Waals surface area (Å²) in [5.74, 6) is -0.117. The quantitative estimate of drug-likeness (QED) is 0.479. The summed E-state index contributed by atoms with van der Waals surface area (Å²) in [7, 11) is 0. The fourth-order valence-electron chi connectivity index (χ4n) is 3.12. The van der Waals surface area contributed by atoms with Gasteiger partial charge >= 0.3 is 0 Å². The van der Waals surface area contributed by atoms with Gasteiger partial charge in [-0.25, -0.2) is 9.97 Å². The molecule has 0 saturated heterocycles. The number of amides is 1. The summed E-state index contributed by atoms with van der Waals surface area (Å²) in [4.78, 5) is 26.9. The van der Waals surface area contributed by atoms with Crippen LogP contribution in [0.25, 0.3) is 10.7 Å². The summed E-state index contributed by atoms with van der Waals surface area (Å²) in [5, 5.41) is 3.68. The summed E-state index contributed by atoms with van der Waals surface area (Å²) in [6, 6.07) is 20.2. The molecule has 0 unspecified atom stereocenters. The molecule has 1 N–H and O–H groups in total. The Morgan fingerprint density at radius 3 is 2.33 bits per heavy atom. The van der Waals surface area contributed by atoms with Crippen LogP contribution < -0.4 is 5.32 Å². The van der Waals surface area contributed by atoms with Gasteiger partial charge in [0, 0.05) is 12.7 Å². The van der Waals surface area contributed by atoms with Crippen molar-refractivity contribution in [2.75, 3.05) is 0 Å². The third-order valence-corrected chi connectivity index (χ3v) is 5.89. The number of hydrogen-bond donors (Lipinski definition) is 1. The molecule has 0 aliphatic heterocycles. The number of aromatic nitrogens is 3. The van der Waals surface area contributed by atoms with E-state index in [4.69, 9.17) is 4.98 Å².